The van der Waals surface area contributed by atoms with E-state index in [1.807, 2.05) is 6.92 Å². The van der Waals surface area contributed by atoms with Crippen LogP contribution in [0.25, 0.3) is 0 Å². The molecule has 3 rings (SSSR count). The van der Waals surface area contributed by atoms with Crippen molar-refractivity contribution in [3.63, 3.8) is 0 Å². The molecule has 0 spiro atoms. The number of fused-ring (bicyclic) bond motifs is 1. The van der Waals surface area contributed by atoms with E-state index in [2.05, 4.69) is 31.7 Å². The number of hydrogen-bond acceptors (Lipinski definition) is 5. The van der Waals surface area contributed by atoms with Crippen molar-refractivity contribution < 1.29 is 24.9 Å². The van der Waals surface area contributed by atoms with Crippen molar-refractivity contribution in [2.45, 2.75) is 103 Å². The molecule has 2 saturated carbocycles. The van der Waals surface area contributed by atoms with E-state index in [1.165, 1.54) is 11.1 Å². The zero-order chi connectivity index (χ0) is 23.7. The topological polar surface area (TPSA) is 87.0 Å². The molecule has 0 bridgehead atoms. The van der Waals surface area contributed by atoms with E-state index in [-0.39, 0.29) is 23.9 Å². The van der Waals surface area contributed by atoms with Gasteiger partial charge < -0.3 is 20.1 Å². The van der Waals surface area contributed by atoms with E-state index in [4.69, 9.17) is 4.74 Å². The Morgan fingerprint density at radius 2 is 1.97 bits per heavy atom. The van der Waals surface area contributed by atoms with E-state index in [0.717, 1.165) is 31.3 Å². The van der Waals surface area contributed by atoms with Crippen LogP contribution in [-0.4, -0.2) is 45.2 Å². The average molecular weight is 445 g/mol. The summed E-state index contributed by atoms with van der Waals surface area (Å²) in [5, 5.41) is 30.1. The molecule has 0 aromatic carbocycles. The van der Waals surface area contributed by atoms with Crippen LogP contribution in [0.2, 0.25) is 0 Å². The maximum Gasteiger partial charge on any atom is 0.306 e. The zero-order valence-corrected chi connectivity index (χ0v) is 20.1. The number of aliphatic hydroxyl groups is 3. The van der Waals surface area contributed by atoms with Crippen LogP contribution in [0.15, 0.2) is 47.1 Å². The van der Waals surface area contributed by atoms with Crippen molar-refractivity contribution in [2.24, 2.45) is 11.3 Å². The van der Waals surface area contributed by atoms with Gasteiger partial charge in [0.25, 0.3) is 0 Å². The van der Waals surface area contributed by atoms with Gasteiger partial charge in [-0.25, -0.2) is 0 Å². The first-order valence-electron chi connectivity index (χ1n) is 12.0. The summed E-state index contributed by atoms with van der Waals surface area (Å²) < 4.78 is 5.75. The van der Waals surface area contributed by atoms with Crippen LogP contribution >= 0.6 is 0 Å². The summed E-state index contributed by atoms with van der Waals surface area (Å²) in [6, 6.07) is 0. The number of aliphatic hydroxyl groups excluding tert-OH is 2. The van der Waals surface area contributed by atoms with Crippen LogP contribution in [0.4, 0.5) is 0 Å². The predicted octanol–water partition coefficient (Wildman–Crippen LogP) is 4.53. The summed E-state index contributed by atoms with van der Waals surface area (Å²) in [5.41, 5.74) is 3.26. The quantitative estimate of drug-likeness (QED) is 0.414. The molecule has 0 amide bonds. The van der Waals surface area contributed by atoms with Gasteiger partial charge in [0.1, 0.15) is 6.10 Å². The van der Waals surface area contributed by atoms with E-state index in [9.17, 15) is 20.1 Å². The molecule has 5 atom stereocenters. The normalized spacial score (nSPS) is 33.0. The molecule has 5 nitrogen and oxygen atoms in total. The number of hydrogen-bond donors (Lipinski definition) is 3. The lowest BCUT2D eigenvalue weighted by Crippen LogP contribution is -2.35. The van der Waals surface area contributed by atoms with Crippen molar-refractivity contribution in [1.29, 1.82) is 0 Å². The summed E-state index contributed by atoms with van der Waals surface area (Å²) >= 11 is 0. The Hall–Kier alpha value is -1.69. The minimum atomic E-state index is -0.874. The van der Waals surface area contributed by atoms with E-state index >= 15 is 0 Å². The van der Waals surface area contributed by atoms with Gasteiger partial charge in [0.15, 0.2) is 0 Å². The lowest BCUT2D eigenvalue weighted by molar-refractivity contribution is -0.148. The van der Waals surface area contributed by atoms with E-state index < -0.39 is 17.8 Å². The molecule has 0 heterocycles. The minimum Gasteiger partial charge on any atom is -0.458 e. The molecular formula is C27H40O5. The molecule has 0 saturated heterocycles. The number of ether oxygens (including phenoxy) is 1. The fraction of sp³-hybridized carbons (Fsp3) is 0.667. The van der Waals surface area contributed by atoms with Crippen LogP contribution in [0.3, 0.4) is 0 Å². The molecule has 3 aliphatic carbocycles. The van der Waals surface area contributed by atoms with Crippen LogP contribution in [-0.2, 0) is 9.53 Å². The number of allylic oxidation sites excluding steroid dienone is 4. The Morgan fingerprint density at radius 3 is 2.59 bits per heavy atom. The Labute approximate surface area is 192 Å². The average Bonchev–Trinajstić information content (AvgIpc) is 3.06. The standard InChI is InChI=1S/C27H40O5/c1-17-23(28)15-19(16-24(17)29)8-9-20-7-6-13-27(5)21(10-11-22(20)27)18(2)32-25(30)12-14-26(3,4)31/h8-10,18,22-24,28-29,31H,1,6-7,11-16H2,2-5H3/t18-,22-,23+,24+,27+/m0/s1. The second-order valence-corrected chi connectivity index (χ2v) is 10.7. The van der Waals surface area contributed by atoms with Crippen molar-refractivity contribution >= 4 is 5.97 Å². The highest BCUT2D eigenvalue weighted by Gasteiger charge is 2.47. The Kier molecular flexibility index (Phi) is 7.53. The Morgan fingerprint density at radius 1 is 1.31 bits per heavy atom. The molecule has 0 radical (unpaired) electrons. The summed E-state index contributed by atoms with van der Waals surface area (Å²) in [6.07, 6.45) is 10.7. The SMILES string of the molecule is C=C1[C@H](O)CC(=CC=C2CCC[C@]3(C)C([C@H](C)OC(=O)CCC(C)(C)O)=CC[C@@H]23)C[C@H]1O. The van der Waals surface area contributed by atoms with Gasteiger partial charge in [-0.2, -0.15) is 0 Å². The van der Waals surface area contributed by atoms with Gasteiger partial charge in [-0.05, 0) is 88.2 Å². The molecule has 0 aromatic heterocycles. The predicted molar refractivity (Wildman–Crippen MR) is 126 cm³/mol. The van der Waals surface area contributed by atoms with Gasteiger partial charge in [-0.1, -0.05) is 42.9 Å². The second-order valence-electron chi connectivity index (χ2n) is 10.7. The molecule has 5 heteroatoms. The first-order chi connectivity index (χ1) is 14.9. The van der Waals surface area contributed by atoms with E-state index in [1.54, 1.807) is 13.8 Å². The lowest BCUT2D eigenvalue weighted by Gasteiger charge is -2.42. The number of esters is 1. The fourth-order valence-corrected chi connectivity index (χ4v) is 5.63. The lowest BCUT2D eigenvalue weighted by atomic mass is 9.63. The molecule has 0 aliphatic heterocycles. The molecule has 3 aliphatic rings. The minimum absolute atomic E-state index is 0.0294. The first-order valence-corrected chi connectivity index (χ1v) is 12.0. The summed E-state index contributed by atoms with van der Waals surface area (Å²) in [6.45, 7) is 11.4. The molecule has 178 valence electrons. The highest BCUT2D eigenvalue weighted by Crippen LogP contribution is 2.55. The van der Waals surface area contributed by atoms with Gasteiger partial charge in [0.05, 0.1) is 17.8 Å². The monoisotopic (exact) mass is 444 g/mol. The first kappa shape index (κ1) is 24.9. The molecule has 3 N–H and O–H groups in total. The fourth-order valence-electron chi connectivity index (χ4n) is 5.63. The molecule has 32 heavy (non-hydrogen) atoms. The van der Waals surface area contributed by atoms with Crippen LogP contribution in [0.1, 0.15) is 79.1 Å². The van der Waals surface area contributed by atoms with Crippen molar-refractivity contribution in [2.75, 3.05) is 0 Å². The van der Waals surface area contributed by atoms with Crippen LogP contribution in [0.5, 0.6) is 0 Å². The third kappa shape index (κ3) is 5.62. The van der Waals surface area contributed by atoms with Gasteiger partial charge in [0.2, 0.25) is 0 Å². The molecule has 0 aromatic rings. The third-order valence-corrected chi connectivity index (χ3v) is 7.60. The smallest absolute Gasteiger partial charge is 0.306 e. The summed E-state index contributed by atoms with van der Waals surface area (Å²) in [7, 11) is 0. The Balaban J connectivity index is 1.68. The van der Waals surface area contributed by atoms with Crippen molar-refractivity contribution in [3.05, 3.63) is 47.1 Å². The molecule has 2 fully saturated rings. The maximum atomic E-state index is 12.3. The van der Waals surface area contributed by atoms with Gasteiger partial charge in [-0.3, -0.25) is 4.79 Å². The van der Waals surface area contributed by atoms with Crippen LogP contribution in [0, 0.1) is 11.3 Å². The third-order valence-electron chi connectivity index (χ3n) is 7.60. The number of rotatable bonds is 6. The Bertz CT molecular complexity index is 811. The van der Waals surface area contributed by atoms with Crippen LogP contribution < -0.4 is 0 Å². The summed E-state index contributed by atoms with van der Waals surface area (Å²) in [5.74, 6) is 0.119. The molecular weight excluding hydrogens is 404 g/mol. The van der Waals surface area contributed by atoms with E-state index in [0.29, 0.717) is 30.8 Å². The largest absolute Gasteiger partial charge is 0.458 e. The van der Waals surface area contributed by atoms with Gasteiger partial charge in [-0.15, -0.1) is 0 Å². The number of carbonyl (C=O) groups is 1. The van der Waals surface area contributed by atoms with Crippen molar-refractivity contribution in [1.82, 2.24) is 0 Å². The summed E-state index contributed by atoms with van der Waals surface area (Å²) in [4.78, 5) is 12.3. The van der Waals surface area contributed by atoms with Gasteiger partial charge in [0, 0.05) is 6.42 Å². The number of carbonyl (C=O) groups excluding carboxylic acids is 1. The van der Waals surface area contributed by atoms with Gasteiger partial charge >= 0.3 is 5.97 Å². The molecule has 0 unspecified atom stereocenters. The second kappa shape index (κ2) is 9.66. The maximum absolute atomic E-state index is 12.3. The highest BCUT2D eigenvalue weighted by molar-refractivity contribution is 5.70. The van der Waals surface area contributed by atoms with Crippen molar-refractivity contribution in [3.8, 4) is 0 Å². The zero-order valence-electron chi connectivity index (χ0n) is 20.1. The highest BCUT2D eigenvalue weighted by atomic mass is 16.5.